The summed E-state index contributed by atoms with van der Waals surface area (Å²) in [6, 6.07) is 8.43. The summed E-state index contributed by atoms with van der Waals surface area (Å²) in [5.74, 6) is -0.934. The van der Waals surface area contributed by atoms with Crippen LogP contribution in [0.25, 0.3) is 5.52 Å². The number of aliphatic carboxylic acids is 1. The smallest absolute Gasteiger partial charge is 0.306 e. The Bertz CT molecular complexity index is 1250. The van der Waals surface area contributed by atoms with E-state index in [0.29, 0.717) is 42.5 Å². The molecule has 184 valence electrons. The van der Waals surface area contributed by atoms with Crippen molar-refractivity contribution in [3.63, 3.8) is 0 Å². The number of amides is 1. The Morgan fingerprint density at radius 1 is 1.14 bits per heavy atom. The largest absolute Gasteiger partial charge is 0.496 e. The lowest BCUT2D eigenvalue weighted by Crippen LogP contribution is -2.38. The van der Waals surface area contributed by atoms with E-state index in [1.54, 1.807) is 23.9 Å². The van der Waals surface area contributed by atoms with Crippen LogP contribution < -0.4 is 15.0 Å². The zero-order valence-electron chi connectivity index (χ0n) is 19.6. The number of nitrogens with zero attached hydrogens (tertiary/aromatic N) is 3. The molecular formula is C26H29FN4O4. The van der Waals surface area contributed by atoms with E-state index in [1.807, 2.05) is 18.3 Å². The van der Waals surface area contributed by atoms with Crippen molar-refractivity contribution in [3.8, 4) is 5.75 Å². The first-order chi connectivity index (χ1) is 16.9. The molecule has 2 aliphatic rings. The molecule has 1 saturated carbocycles. The van der Waals surface area contributed by atoms with Gasteiger partial charge in [-0.2, -0.15) is 5.10 Å². The molecule has 1 aliphatic heterocycles. The number of benzene rings is 1. The monoisotopic (exact) mass is 480 g/mol. The molecule has 35 heavy (non-hydrogen) atoms. The van der Waals surface area contributed by atoms with E-state index in [-0.39, 0.29) is 29.7 Å². The molecule has 1 atom stereocenters. The summed E-state index contributed by atoms with van der Waals surface area (Å²) < 4.78 is 21.2. The van der Waals surface area contributed by atoms with Crippen LogP contribution >= 0.6 is 0 Å². The van der Waals surface area contributed by atoms with Crippen molar-refractivity contribution in [2.75, 3.05) is 18.6 Å². The van der Waals surface area contributed by atoms with Crippen LogP contribution in [0.5, 0.6) is 5.75 Å². The summed E-state index contributed by atoms with van der Waals surface area (Å²) in [4.78, 5) is 26.5. The van der Waals surface area contributed by atoms with Gasteiger partial charge >= 0.3 is 5.97 Å². The molecule has 1 aliphatic carbocycles. The average molecular weight is 481 g/mol. The highest BCUT2D eigenvalue weighted by Crippen LogP contribution is 2.40. The van der Waals surface area contributed by atoms with E-state index in [9.17, 15) is 19.1 Å². The number of carboxylic acid groups (broad SMARTS) is 1. The maximum Gasteiger partial charge on any atom is 0.306 e. The van der Waals surface area contributed by atoms with Gasteiger partial charge in [-0.3, -0.25) is 9.59 Å². The summed E-state index contributed by atoms with van der Waals surface area (Å²) in [5.41, 5.74) is 2.92. The van der Waals surface area contributed by atoms with E-state index >= 15 is 0 Å². The lowest BCUT2D eigenvalue weighted by atomic mass is 9.86. The van der Waals surface area contributed by atoms with Crippen molar-refractivity contribution >= 4 is 23.1 Å². The predicted molar refractivity (Wildman–Crippen MR) is 128 cm³/mol. The van der Waals surface area contributed by atoms with Crippen molar-refractivity contribution in [2.45, 2.75) is 50.6 Å². The van der Waals surface area contributed by atoms with Crippen LogP contribution in [0.1, 0.15) is 60.5 Å². The summed E-state index contributed by atoms with van der Waals surface area (Å²) in [5, 5.41) is 16.6. The number of carbonyl (C=O) groups excluding carboxylic acids is 1. The fourth-order valence-electron chi connectivity index (χ4n) is 5.44. The third kappa shape index (κ3) is 4.54. The molecule has 2 N–H and O–H groups in total. The number of nitrogens with one attached hydrogen (secondary N) is 1. The number of halogens is 1. The van der Waals surface area contributed by atoms with Crippen LogP contribution in [0.15, 0.2) is 42.7 Å². The summed E-state index contributed by atoms with van der Waals surface area (Å²) in [6.07, 6.45) is 7.66. The number of rotatable bonds is 6. The molecule has 8 nitrogen and oxygen atoms in total. The Kier molecular flexibility index (Phi) is 6.32. The normalized spacial score (nSPS) is 22.3. The van der Waals surface area contributed by atoms with Gasteiger partial charge in [-0.1, -0.05) is 0 Å². The summed E-state index contributed by atoms with van der Waals surface area (Å²) in [7, 11) is 1.59. The van der Waals surface area contributed by atoms with Gasteiger partial charge in [0.25, 0.3) is 5.91 Å². The molecular weight excluding hydrogens is 451 g/mol. The van der Waals surface area contributed by atoms with E-state index in [4.69, 9.17) is 4.74 Å². The quantitative estimate of drug-likeness (QED) is 0.549. The molecule has 1 saturated heterocycles. The standard InChI is InChI=1S/C26H29FN4O4/c1-35-24-9-6-17(27)13-20(24)22-3-2-11-30(22)19-10-12-31-23(14-19)21(15-28-31)25(32)29-18-7-4-16(5-8-18)26(33)34/h6,9-10,12-16,18,22H,2-5,7-8,11H2,1H3,(H,29,32)(H,33,34)/t16?,18?,22-/m1/s1. The number of ether oxygens (including phenoxy) is 1. The number of pyridine rings is 1. The molecule has 5 rings (SSSR count). The number of methoxy groups -OCH3 is 1. The fraction of sp³-hybridized carbons (Fsp3) is 0.423. The molecule has 3 heterocycles. The zero-order valence-corrected chi connectivity index (χ0v) is 19.6. The van der Waals surface area contributed by atoms with Gasteiger partial charge in [-0.05, 0) is 68.9 Å². The van der Waals surface area contributed by atoms with Crippen molar-refractivity contribution < 1.29 is 23.8 Å². The maximum atomic E-state index is 14.1. The Labute approximate surface area is 202 Å². The van der Waals surface area contributed by atoms with Gasteiger partial charge in [0, 0.05) is 30.0 Å². The van der Waals surface area contributed by atoms with E-state index in [1.165, 1.54) is 12.1 Å². The van der Waals surface area contributed by atoms with Crippen LogP contribution in [-0.2, 0) is 4.79 Å². The van der Waals surface area contributed by atoms with Crippen molar-refractivity contribution in [1.82, 2.24) is 14.9 Å². The van der Waals surface area contributed by atoms with Crippen molar-refractivity contribution in [2.24, 2.45) is 5.92 Å². The second kappa shape index (κ2) is 9.56. The second-order valence-corrected chi connectivity index (χ2v) is 9.37. The Hall–Kier alpha value is -3.62. The van der Waals surface area contributed by atoms with Crippen LogP contribution in [0.2, 0.25) is 0 Å². The highest BCUT2D eigenvalue weighted by molar-refractivity contribution is 6.01. The van der Waals surface area contributed by atoms with Gasteiger partial charge in [-0.25, -0.2) is 8.91 Å². The number of carboxylic acids is 1. The summed E-state index contributed by atoms with van der Waals surface area (Å²) >= 11 is 0. The maximum absolute atomic E-state index is 14.1. The van der Waals surface area contributed by atoms with Crippen molar-refractivity contribution in [3.05, 3.63) is 59.7 Å². The number of aromatic nitrogens is 2. The Morgan fingerprint density at radius 3 is 2.69 bits per heavy atom. The molecule has 0 unspecified atom stereocenters. The number of fused-ring (bicyclic) bond motifs is 1. The van der Waals surface area contributed by atoms with Crippen LogP contribution in [0.4, 0.5) is 10.1 Å². The number of hydrogen-bond acceptors (Lipinski definition) is 5. The van der Waals surface area contributed by atoms with Gasteiger partial charge in [0.15, 0.2) is 0 Å². The molecule has 0 spiro atoms. The molecule has 0 radical (unpaired) electrons. The Balaban J connectivity index is 1.38. The lowest BCUT2D eigenvalue weighted by molar-refractivity contribution is -0.142. The topological polar surface area (TPSA) is 96.2 Å². The van der Waals surface area contributed by atoms with Gasteiger partial charge in [0.1, 0.15) is 11.6 Å². The molecule has 3 aromatic rings. The molecule has 1 amide bonds. The van der Waals surface area contributed by atoms with E-state index < -0.39 is 5.97 Å². The number of hydrogen-bond donors (Lipinski definition) is 2. The molecule has 9 heteroatoms. The average Bonchev–Trinajstić information content (AvgIpc) is 3.51. The zero-order chi connectivity index (χ0) is 24.5. The van der Waals surface area contributed by atoms with Gasteiger partial charge < -0.3 is 20.1 Å². The highest BCUT2D eigenvalue weighted by atomic mass is 19.1. The fourth-order valence-corrected chi connectivity index (χ4v) is 5.44. The third-order valence-electron chi connectivity index (χ3n) is 7.30. The minimum atomic E-state index is -0.763. The Morgan fingerprint density at radius 2 is 1.94 bits per heavy atom. The minimum Gasteiger partial charge on any atom is -0.496 e. The first-order valence-corrected chi connectivity index (χ1v) is 12.1. The molecule has 2 fully saturated rings. The highest BCUT2D eigenvalue weighted by Gasteiger charge is 2.30. The SMILES string of the molecule is COc1ccc(F)cc1[C@H]1CCCN1c1ccn2ncc(C(=O)NC3CCC(C(=O)O)CC3)c2c1. The number of anilines is 1. The van der Waals surface area contributed by atoms with Crippen LogP contribution in [0.3, 0.4) is 0 Å². The first kappa shape index (κ1) is 23.1. The molecule has 2 aromatic heterocycles. The lowest BCUT2D eigenvalue weighted by Gasteiger charge is -2.28. The second-order valence-electron chi connectivity index (χ2n) is 9.37. The van der Waals surface area contributed by atoms with Gasteiger partial charge in [0.05, 0.1) is 36.3 Å². The van der Waals surface area contributed by atoms with Gasteiger partial charge in [0.2, 0.25) is 0 Å². The van der Waals surface area contributed by atoms with Gasteiger partial charge in [-0.15, -0.1) is 0 Å². The minimum absolute atomic E-state index is 0.0345. The van der Waals surface area contributed by atoms with E-state index in [0.717, 1.165) is 30.6 Å². The number of carbonyl (C=O) groups is 2. The van der Waals surface area contributed by atoms with E-state index in [2.05, 4.69) is 15.3 Å². The third-order valence-corrected chi connectivity index (χ3v) is 7.30. The van der Waals surface area contributed by atoms with Crippen molar-refractivity contribution in [1.29, 1.82) is 0 Å². The predicted octanol–water partition coefficient (Wildman–Crippen LogP) is 4.20. The van der Waals surface area contributed by atoms with Crippen LogP contribution in [-0.4, -0.2) is 46.3 Å². The summed E-state index contributed by atoms with van der Waals surface area (Å²) in [6.45, 7) is 0.809. The first-order valence-electron chi connectivity index (χ1n) is 12.1. The van der Waals surface area contributed by atoms with Crippen LogP contribution in [0, 0.1) is 11.7 Å². The molecule has 1 aromatic carbocycles. The molecule has 0 bridgehead atoms.